The highest BCUT2D eigenvalue weighted by molar-refractivity contribution is 5.44. The summed E-state index contributed by atoms with van der Waals surface area (Å²) in [6, 6.07) is 5.43. The molecule has 1 aromatic heterocycles. The molecule has 0 fully saturated rings. The minimum absolute atomic E-state index is 0.423. The number of pyridine rings is 1. The Morgan fingerprint density at radius 1 is 1.41 bits per heavy atom. The molecule has 0 aliphatic carbocycles. The molecule has 6 heteroatoms. The van der Waals surface area contributed by atoms with Crippen molar-refractivity contribution in [2.75, 3.05) is 37.9 Å². The molecule has 0 spiro atoms. The summed E-state index contributed by atoms with van der Waals surface area (Å²) >= 11 is 0. The maximum absolute atomic E-state index is 10.1. The summed E-state index contributed by atoms with van der Waals surface area (Å²) in [6.45, 7) is 2.78. The molecule has 0 bridgehead atoms. The quantitative estimate of drug-likeness (QED) is 0.416. The number of nitrogens with two attached hydrogens (primary N) is 1. The summed E-state index contributed by atoms with van der Waals surface area (Å²) in [5, 5.41) is 13.2. The molecule has 1 rings (SSSR count). The van der Waals surface area contributed by atoms with E-state index in [2.05, 4.69) is 15.7 Å². The molecule has 0 aliphatic heterocycles. The topological polar surface area (TPSA) is 86.4 Å². The van der Waals surface area contributed by atoms with Crippen LogP contribution in [0.2, 0.25) is 0 Å². The van der Waals surface area contributed by atoms with Crippen molar-refractivity contribution in [1.29, 1.82) is 0 Å². The molecule has 0 saturated heterocycles. The summed E-state index contributed by atoms with van der Waals surface area (Å²) in [4.78, 5) is 6.14. The van der Waals surface area contributed by atoms with Gasteiger partial charge in [0.05, 0.1) is 5.60 Å². The zero-order chi connectivity index (χ0) is 12.9. The van der Waals surface area contributed by atoms with Crippen molar-refractivity contribution in [2.24, 2.45) is 5.84 Å². The highest BCUT2D eigenvalue weighted by atomic mass is 16.3. The Hall–Kier alpha value is -1.37. The summed E-state index contributed by atoms with van der Waals surface area (Å²) < 4.78 is 0. The van der Waals surface area contributed by atoms with E-state index >= 15 is 0 Å². The third-order valence-corrected chi connectivity index (χ3v) is 2.20. The van der Waals surface area contributed by atoms with Crippen LogP contribution in [0.4, 0.5) is 11.6 Å². The van der Waals surface area contributed by atoms with Crippen LogP contribution in [-0.2, 0) is 0 Å². The number of aromatic nitrogens is 1. The van der Waals surface area contributed by atoms with E-state index < -0.39 is 5.60 Å². The molecule has 1 heterocycles. The van der Waals surface area contributed by atoms with Crippen LogP contribution in [0.25, 0.3) is 0 Å². The van der Waals surface area contributed by atoms with Gasteiger partial charge in [0, 0.05) is 13.1 Å². The third-order valence-electron chi connectivity index (χ3n) is 2.20. The second-order valence-electron chi connectivity index (χ2n) is 4.64. The van der Waals surface area contributed by atoms with Crippen molar-refractivity contribution >= 4 is 11.6 Å². The number of nitrogens with zero attached hydrogens (tertiary/aromatic N) is 2. The fraction of sp³-hybridized carbons (Fsp3) is 0.545. The maximum atomic E-state index is 10.1. The monoisotopic (exact) mass is 239 g/mol. The molecule has 5 N–H and O–H groups in total. The number of aliphatic hydroxyl groups is 1. The molecule has 6 nitrogen and oxygen atoms in total. The van der Waals surface area contributed by atoms with Crippen LogP contribution < -0.4 is 16.6 Å². The van der Waals surface area contributed by atoms with E-state index in [1.54, 1.807) is 13.0 Å². The standard InChI is InChI=1S/C11H21N5O/c1-11(17,8-16(2)3)7-13-9-5-4-6-10(14-9)15-12/h4-6,17H,7-8,12H2,1-3H3,(H2,13,14,15). The molecule has 1 unspecified atom stereocenters. The van der Waals surface area contributed by atoms with Crippen molar-refractivity contribution < 1.29 is 5.11 Å². The Balaban J connectivity index is 2.54. The molecule has 1 aromatic rings. The Labute approximate surface area is 102 Å². The first-order chi connectivity index (χ1) is 7.93. The molecule has 0 amide bonds. The minimum Gasteiger partial charge on any atom is -0.387 e. The van der Waals surface area contributed by atoms with E-state index in [0.717, 1.165) is 0 Å². The highest BCUT2D eigenvalue weighted by Gasteiger charge is 2.20. The lowest BCUT2D eigenvalue weighted by Crippen LogP contribution is -2.43. The molecule has 96 valence electrons. The number of nitrogen functional groups attached to an aromatic ring is 1. The number of likely N-dealkylation sites (N-methyl/N-ethyl adjacent to an activating group) is 1. The largest absolute Gasteiger partial charge is 0.387 e. The van der Waals surface area contributed by atoms with Crippen LogP contribution in [0.3, 0.4) is 0 Å². The van der Waals surface area contributed by atoms with E-state index in [1.165, 1.54) is 0 Å². The maximum Gasteiger partial charge on any atom is 0.142 e. The molecule has 0 aliphatic rings. The summed E-state index contributed by atoms with van der Waals surface area (Å²) in [5.41, 5.74) is 1.67. The molecular formula is C11H21N5O. The van der Waals surface area contributed by atoms with E-state index in [4.69, 9.17) is 5.84 Å². The van der Waals surface area contributed by atoms with E-state index in [-0.39, 0.29) is 0 Å². The second-order valence-corrected chi connectivity index (χ2v) is 4.64. The SMILES string of the molecule is CN(C)CC(C)(O)CNc1cccc(NN)n1. The number of hydrogen-bond acceptors (Lipinski definition) is 6. The van der Waals surface area contributed by atoms with Gasteiger partial charge in [0.2, 0.25) is 0 Å². The Bertz CT molecular complexity index is 353. The predicted molar refractivity (Wildman–Crippen MR) is 69.7 cm³/mol. The molecule has 0 radical (unpaired) electrons. The molecule has 0 saturated carbocycles. The van der Waals surface area contributed by atoms with Crippen LogP contribution in [0.1, 0.15) is 6.92 Å². The van der Waals surface area contributed by atoms with Crippen molar-refractivity contribution in [3.05, 3.63) is 18.2 Å². The zero-order valence-corrected chi connectivity index (χ0v) is 10.6. The average molecular weight is 239 g/mol. The first-order valence-electron chi connectivity index (χ1n) is 5.47. The second kappa shape index (κ2) is 5.81. The molecular weight excluding hydrogens is 218 g/mol. The fourth-order valence-electron chi connectivity index (χ4n) is 1.63. The van der Waals surface area contributed by atoms with E-state index in [1.807, 2.05) is 31.1 Å². The average Bonchev–Trinajstić information content (AvgIpc) is 2.25. The van der Waals surface area contributed by atoms with E-state index in [9.17, 15) is 5.11 Å². The third kappa shape index (κ3) is 4.99. The van der Waals surface area contributed by atoms with Crippen LogP contribution >= 0.6 is 0 Å². The van der Waals surface area contributed by atoms with E-state index in [0.29, 0.717) is 24.7 Å². The van der Waals surface area contributed by atoms with Crippen molar-refractivity contribution in [2.45, 2.75) is 12.5 Å². The van der Waals surface area contributed by atoms with Gasteiger partial charge in [-0.3, -0.25) is 0 Å². The predicted octanol–water partition coefficient (Wildman–Crippen LogP) is 0.0917. The van der Waals surface area contributed by atoms with Crippen molar-refractivity contribution in [3.8, 4) is 0 Å². The van der Waals surface area contributed by atoms with Gasteiger partial charge in [0.15, 0.2) is 0 Å². The van der Waals surface area contributed by atoms with Gasteiger partial charge in [-0.1, -0.05) is 6.07 Å². The normalized spacial score (nSPS) is 14.5. The van der Waals surface area contributed by atoms with Gasteiger partial charge in [0.25, 0.3) is 0 Å². The Morgan fingerprint density at radius 3 is 2.65 bits per heavy atom. The van der Waals surface area contributed by atoms with Gasteiger partial charge in [-0.15, -0.1) is 0 Å². The highest BCUT2D eigenvalue weighted by Crippen LogP contribution is 2.10. The van der Waals surface area contributed by atoms with Crippen LogP contribution in [-0.4, -0.2) is 47.8 Å². The summed E-state index contributed by atoms with van der Waals surface area (Å²) in [5.74, 6) is 6.54. The smallest absolute Gasteiger partial charge is 0.142 e. The van der Waals surface area contributed by atoms with Crippen molar-refractivity contribution in [1.82, 2.24) is 9.88 Å². The first kappa shape index (κ1) is 13.7. The fourth-order valence-corrected chi connectivity index (χ4v) is 1.63. The minimum atomic E-state index is -0.808. The number of hydrogen-bond donors (Lipinski definition) is 4. The van der Waals surface area contributed by atoms with Gasteiger partial charge in [-0.25, -0.2) is 10.8 Å². The van der Waals surface area contributed by atoms with Crippen LogP contribution in [0, 0.1) is 0 Å². The zero-order valence-electron chi connectivity index (χ0n) is 10.6. The van der Waals surface area contributed by atoms with Crippen LogP contribution in [0.15, 0.2) is 18.2 Å². The lowest BCUT2D eigenvalue weighted by molar-refractivity contribution is 0.0459. The molecule has 0 aromatic carbocycles. The number of anilines is 2. The summed E-state index contributed by atoms with van der Waals surface area (Å²) in [6.07, 6.45) is 0. The van der Waals surface area contributed by atoms with Gasteiger partial charge in [-0.05, 0) is 33.2 Å². The van der Waals surface area contributed by atoms with Gasteiger partial charge in [-0.2, -0.15) is 0 Å². The van der Waals surface area contributed by atoms with Crippen LogP contribution in [0.5, 0.6) is 0 Å². The van der Waals surface area contributed by atoms with Gasteiger partial charge >= 0.3 is 0 Å². The lowest BCUT2D eigenvalue weighted by Gasteiger charge is -2.27. The van der Waals surface area contributed by atoms with Gasteiger partial charge in [0.1, 0.15) is 11.6 Å². The number of nitrogens with one attached hydrogen (secondary N) is 2. The molecule has 1 atom stereocenters. The summed E-state index contributed by atoms with van der Waals surface area (Å²) in [7, 11) is 3.84. The first-order valence-corrected chi connectivity index (χ1v) is 5.47. The molecule has 17 heavy (non-hydrogen) atoms. The van der Waals surface area contributed by atoms with Crippen molar-refractivity contribution in [3.63, 3.8) is 0 Å². The Morgan fingerprint density at radius 2 is 2.06 bits per heavy atom. The number of rotatable bonds is 6. The lowest BCUT2D eigenvalue weighted by atomic mass is 10.1. The number of hydrazine groups is 1. The van der Waals surface area contributed by atoms with Gasteiger partial charge < -0.3 is 20.7 Å². The Kier molecular flexibility index (Phi) is 4.68.